The maximum absolute atomic E-state index is 13.7. The van der Waals surface area contributed by atoms with Crippen LogP contribution in [-0.4, -0.2) is 7.05 Å². The molecule has 4 heteroatoms. The molecule has 0 aliphatic heterocycles. The Hall–Kier alpha value is -1.32. The maximum atomic E-state index is 13.7. The third-order valence-corrected chi connectivity index (χ3v) is 3.39. The van der Waals surface area contributed by atoms with Gasteiger partial charge in [-0.1, -0.05) is 17.7 Å². The molecule has 1 N–H and O–H groups in total. The molecule has 1 atom stereocenters. The molecule has 2 aromatic rings. The molecule has 2 nitrogen and oxygen atoms in total. The molecular formula is C14H15ClFNO. The monoisotopic (exact) mass is 267 g/mol. The smallest absolute Gasteiger partial charge is 0.127 e. The van der Waals surface area contributed by atoms with Crippen LogP contribution in [0, 0.1) is 12.7 Å². The summed E-state index contributed by atoms with van der Waals surface area (Å²) in [6.45, 7) is 1.96. The van der Waals surface area contributed by atoms with Crippen LogP contribution in [0.3, 0.4) is 0 Å². The Morgan fingerprint density at radius 3 is 2.72 bits per heavy atom. The Balaban J connectivity index is 2.29. The predicted octanol–water partition coefficient (Wildman–Crippen LogP) is 3.88. The van der Waals surface area contributed by atoms with Gasteiger partial charge in [0.25, 0.3) is 0 Å². The quantitative estimate of drug-likeness (QED) is 0.909. The standard InChI is InChI=1S/C14H15ClFNO/c1-9-6-7-18-14(9)13(17-2)8-10-11(15)4-3-5-12(10)16/h3-7,13,17H,8H2,1-2H3. The number of furan rings is 1. The van der Waals surface area contributed by atoms with Crippen LogP contribution in [0.5, 0.6) is 0 Å². The Kier molecular flexibility index (Phi) is 4.04. The van der Waals surface area contributed by atoms with Crippen molar-refractivity contribution in [2.75, 3.05) is 7.05 Å². The molecule has 0 radical (unpaired) electrons. The first kappa shape index (κ1) is 13.1. The van der Waals surface area contributed by atoms with E-state index in [-0.39, 0.29) is 11.9 Å². The summed E-state index contributed by atoms with van der Waals surface area (Å²) >= 11 is 6.03. The first-order valence-corrected chi connectivity index (χ1v) is 6.15. The summed E-state index contributed by atoms with van der Waals surface area (Å²) in [6, 6.07) is 6.52. The summed E-state index contributed by atoms with van der Waals surface area (Å²) in [4.78, 5) is 0. The minimum absolute atomic E-state index is 0.0885. The summed E-state index contributed by atoms with van der Waals surface area (Å²) in [6.07, 6.45) is 2.09. The molecule has 0 spiro atoms. The number of hydrogen-bond acceptors (Lipinski definition) is 2. The SMILES string of the molecule is CNC(Cc1c(F)cccc1Cl)c1occc1C. The molecule has 1 unspecified atom stereocenters. The van der Waals surface area contributed by atoms with Crippen molar-refractivity contribution in [3.8, 4) is 0 Å². The van der Waals surface area contributed by atoms with Crippen molar-refractivity contribution in [1.29, 1.82) is 0 Å². The number of likely N-dealkylation sites (N-methyl/N-ethyl adjacent to an activating group) is 1. The van der Waals surface area contributed by atoms with E-state index in [1.807, 2.05) is 20.0 Å². The van der Waals surface area contributed by atoms with Crippen LogP contribution in [0.4, 0.5) is 4.39 Å². The molecule has 0 saturated heterocycles. The van der Waals surface area contributed by atoms with Crippen molar-refractivity contribution < 1.29 is 8.81 Å². The lowest BCUT2D eigenvalue weighted by Gasteiger charge is -2.16. The van der Waals surface area contributed by atoms with Gasteiger partial charge in [-0.3, -0.25) is 0 Å². The Labute approximate surface area is 111 Å². The van der Waals surface area contributed by atoms with Crippen molar-refractivity contribution in [2.24, 2.45) is 0 Å². The van der Waals surface area contributed by atoms with Crippen LogP contribution < -0.4 is 5.32 Å². The van der Waals surface area contributed by atoms with Gasteiger partial charge in [0.2, 0.25) is 0 Å². The largest absolute Gasteiger partial charge is 0.467 e. The average Bonchev–Trinajstić information content (AvgIpc) is 2.76. The maximum Gasteiger partial charge on any atom is 0.127 e. The summed E-state index contributed by atoms with van der Waals surface area (Å²) in [7, 11) is 1.82. The highest BCUT2D eigenvalue weighted by atomic mass is 35.5. The van der Waals surface area contributed by atoms with Gasteiger partial charge in [0.05, 0.1) is 12.3 Å². The summed E-state index contributed by atoms with van der Waals surface area (Å²) < 4.78 is 19.2. The molecule has 1 heterocycles. The van der Waals surface area contributed by atoms with Gasteiger partial charge in [0.1, 0.15) is 11.6 Å². The van der Waals surface area contributed by atoms with Crippen LogP contribution in [0.1, 0.15) is 22.9 Å². The van der Waals surface area contributed by atoms with Crippen LogP contribution in [0.25, 0.3) is 0 Å². The first-order valence-electron chi connectivity index (χ1n) is 5.77. The van der Waals surface area contributed by atoms with Gasteiger partial charge in [0, 0.05) is 10.6 Å². The number of nitrogens with one attached hydrogen (secondary N) is 1. The minimum Gasteiger partial charge on any atom is -0.467 e. The number of aryl methyl sites for hydroxylation is 1. The highest BCUT2D eigenvalue weighted by Crippen LogP contribution is 2.27. The van der Waals surface area contributed by atoms with E-state index >= 15 is 0 Å². The molecule has 0 saturated carbocycles. The van der Waals surface area contributed by atoms with Crippen molar-refractivity contribution >= 4 is 11.6 Å². The Bertz CT molecular complexity index is 518. The fraction of sp³-hybridized carbons (Fsp3) is 0.286. The predicted molar refractivity (Wildman–Crippen MR) is 70.4 cm³/mol. The zero-order valence-corrected chi connectivity index (χ0v) is 11.1. The fourth-order valence-corrected chi connectivity index (χ4v) is 2.24. The number of rotatable bonds is 4. The van der Waals surface area contributed by atoms with E-state index in [4.69, 9.17) is 16.0 Å². The molecule has 1 aromatic heterocycles. The van der Waals surface area contributed by atoms with Crippen molar-refractivity contribution in [3.63, 3.8) is 0 Å². The molecule has 0 aliphatic rings. The van der Waals surface area contributed by atoms with E-state index in [0.717, 1.165) is 11.3 Å². The van der Waals surface area contributed by atoms with Gasteiger partial charge in [-0.2, -0.15) is 0 Å². The van der Waals surface area contributed by atoms with E-state index in [2.05, 4.69) is 5.32 Å². The number of halogens is 2. The summed E-state index contributed by atoms with van der Waals surface area (Å²) in [5.41, 5.74) is 1.55. The molecule has 2 rings (SSSR count). The van der Waals surface area contributed by atoms with Crippen LogP contribution >= 0.6 is 11.6 Å². The molecule has 18 heavy (non-hydrogen) atoms. The molecule has 0 amide bonds. The first-order chi connectivity index (χ1) is 8.63. The third-order valence-electron chi connectivity index (χ3n) is 3.04. The van der Waals surface area contributed by atoms with Crippen molar-refractivity contribution in [1.82, 2.24) is 5.32 Å². The van der Waals surface area contributed by atoms with E-state index in [0.29, 0.717) is 17.0 Å². The van der Waals surface area contributed by atoms with Crippen molar-refractivity contribution in [2.45, 2.75) is 19.4 Å². The highest BCUT2D eigenvalue weighted by molar-refractivity contribution is 6.31. The molecule has 96 valence electrons. The van der Waals surface area contributed by atoms with Gasteiger partial charge in [-0.15, -0.1) is 0 Å². The summed E-state index contributed by atoms with van der Waals surface area (Å²) in [5, 5.41) is 3.57. The fourth-order valence-electron chi connectivity index (χ4n) is 2.00. The van der Waals surface area contributed by atoms with Crippen molar-refractivity contribution in [3.05, 3.63) is 58.3 Å². The minimum atomic E-state index is -0.285. The normalized spacial score (nSPS) is 12.7. The zero-order valence-electron chi connectivity index (χ0n) is 10.3. The number of benzene rings is 1. The molecular weight excluding hydrogens is 253 g/mol. The second kappa shape index (κ2) is 5.55. The third kappa shape index (κ3) is 2.57. The molecule has 0 fully saturated rings. The van der Waals surface area contributed by atoms with Gasteiger partial charge in [-0.25, -0.2) is 4.39 Å². The van der Waals surface area contributed by atoms with E-state index < -0.39 is 0 Å². The molecule has 0 aliphatic carbocycles. The lowest BCUT2D eigenvalue weighted by atomic mass is 10.0. The highest BCUT2D eigenvalue weighted by Gasteiger charge is 2.19. The molecule has 0 bridgehead atoms. The lowest BCUT2D eigenvalue weighted by molar-refractivity contribution is 0.422. The second-order valence-electron chi connectivity index (χ2n) is 4.21. The van der Waals surface area contributed by atoms with Gasteiger partial charge >= 0.3 is 0 Å². The summed E-state index contributed by atoms with van der Waals surface area (Å²) in [5.74, 6) is 0.531. The van der Waals surface area contributed by atoms with E-state index in [9.17, 15) is 4.39 Å². The second-order valence-corrected chi connectivity index (χ2v) is 4.62. The Morgan fingerprint density at radius 1 is 1.39 bits per heavy atom. The van der Waals surface area contributed by atoms with E-state index in [1.54, 1.807) is 18.4 Å². The molecule has 1 aromatic carbocycles. The van der Waals surface area contributed by atoms with Crippen LogP contribution in [0.2, 0.25) is 5.02 Å². The lowest BCUT2D eigenvalue weighted by Crippen LogP contribution is -2.19. The van der Waals surface area contributed by atoms with Crippen LogP contribution in [0.15, 0.2) is 34.9 Å². The average molecular weight is 268 g/mol. The van der Waals surface area contributed by atoms with E-state index in [1.165, 1.54) is 6.07 Å². The van der Waals surface area contributed by atoms with Gasteiger partial charge in [0.15, 0.2) is 0 Å². The number of hydrogen-bond donors (Lipinski definition) is 1. The van der Waals surface area contributed by atoms with Crippen LogP contribution in [-0.2, 0) is 6.42 Å². The Morgan fingerprint density at radius 2 is 2.17 bits per heavy atom. The zero-order chi connectivity index (χ0) is 13.1. The topological polar surface area (TPSA) is 25.2 Å². The van der Waals surface area contributed by atoms with Gasteiger partial charge in [-0.05, 0) is 44.2 Å². The van der Waals surface area contributed by atoms with Gasteiger partial charge < -0.3 is 9.73 Å².